The monoisotopic (exact) mass is 347 g/mol. The number of para-hydroxylation sites is 1. The Morgan fingerprint density at radius 2 is 1.96 bits per heavy atom. The minimum Gasteiger partial charge on any atom is -0.324 e. The van der Waals surface area contributed by atoms with Crippen LogP contribution in [-0.4, -0.2) is 33.1 Å². The molecular weight excluding hydrogens is 330 g/mol. The van der Waals surface area contributed by atoms with Crippen molar-refractivity contribution < 1.29 is 9.59 Å². The first kappa shape index (κ1) is 16.0. The van der Waals surface area contributed by atoms with Crippen LogP contribution in [0.2, 0.25) is 0 Å². The van der Waals surface area contributed by atoms with Crippen molar-refractivity contribution in [2.24, 2.45) is 5.92 Å². The maximum atomic E-state index is 12.5. The molecule has 1 saturated heterocycles. The van der Waals surface area contributed by atoms with E-state index < -0.39 is 0 Å². The van der Waals surface area contributed by atoms with Gasteiger partial charge in [-0.1, -0.05) is 18.2 Å². The molecule has 1 aromatic carbocycles. The summed E-state index contributed by atoms with van der Waals surface area (Å²) >= 11 is 0. The van der Waals surface area contributed by atoms with Gasteiger partial charge in [-0.05, 0) is 30.3 Å². The smallest absolute Gasteiger partial charge is 0.229 e. The molecule has 7 nitrogen and oxygen atoms in total. The molecule has 1 aliphatic heterocycles. The van der Waals surface area contributed by atoms with Gasteiger partial charge in [-0.15, -0.1) is 0 Å². The first-order valence-electron chi connectivity index (χ1n) is 8.33. The largest absolute Gasteiger partial charge is 0.324 e. The Bertz CT molecular complexity index is 907. The lowest BCUT2D eigenvalue weighted by molar-refractivity contribution is -0.122. The van der Waals surface area contributed by atoms with Crippen LogP contribution in [-0.2, 0) is 9.59 Å². The van der Waals surface area contributed by atoms with Gasteiger partial charge < -0.3 is 10.2 Å². The Kier molecular flexibility index (Phi) is 4.18. The zero-order valence-electron chi connectivity index (χ0n) is 13.9. The third-order valence-corrected chi connectivity index (χ3v) is 4.32. The number of carbonyl (C=O) groups is 2. The van der Waals surface area contributed by atoms with Crippen molar-refractivity contribution in [1.82, 2.24) is 14.8 Å². The second-order valence-corrected chi connectivity index (χ2v) is 6.09. The molecule has 0 bridgehead atoms. The van der Waals surface area contributed by atoms with E-state index >= 15 is 0 Å². The van der Waals surface area contributed by atoms with Gasteiger partial charge in [-0.2, -0.15) is 5.10 Å². The van der Waals surface area contributed by atoms with Gasteiger partial charge in [0.2, 0.25) is 11.8 Å². The van der Waals surface area contributed by atoms with Crippen molar-refractivity contribution in [2.45, 2.75) is 6.42 Å². The van der Waals surface area contributed by atoms with Crippen LogP contribution >= 0.6 is 0 Å². The molecule has 7 heteroatoms. The Labute approximate surface area is 150 Å². The zero-order chi connectivity index (χ0) is 17.9. The summed E-state index contributed by atoms with van der Waals surface area (Å²) in [6.45, 7) is 0.382. The van der Waals surface area contributed by atoms with Crippen molar-refractivity contribution in [3.8, 4) is 5.82 Å². The number of anilines is 2. The normalized spacial score (nSPS) is 16.7. The lowest BCUT2D eigenvalue weighted by Gasteiger charge is -2.16. The molecule has 0 saturated carbocycles. The van der Waals surface area contributed by atoms with Gasteiger partial charge in [0.05, 0.1) is 17.8 Å². The molecule has 4 rings (SSSR count). The van der Waals surface area contributed by atoms with Crippen LogP contribution in [0.25, 0.3) is 5.82 Å². The Morgan fingerprint density at radius 3 is 2.65 bits per heavy atom. The van der Waals surface area contributed by atoms with Gasteiger partial charge in [-0.3, -0.25) is 9.59 Å². The minimum atomic E-state index is -0.381. The second kappa shape index (κ2) is 6.79. The van der Waals surface area contributed by atoms with E-state index in [-0.39, 0.29) is 24.2 Å². The van der Waals surface area contributed by atoms with E-state index in [0.717, 1.165) is 5.69 Å². The topological polar surface area (TPSA) is 80.1 Å². The predicted octanol–water partition coefficient (Wildman–Crippen LogP) is 2.26. The molecule has 1 atom stereocenters. The molecule has 1 N–H and O–H groups in total. The summed E-state index contributed by atoms with van der Waals surface area (Å²) in [6.07, 6.45) is 5.26. The van der Waals surface area contributed by atoms with E-state index in [4.69, 9.17) is 0 Å². The van der Waals surface area contributed by atoms with Crippen LogP contribution in [0.4, 0.5) is 11.4 Å². The van der Waals surface area contributed by atoms with Crippen molar-refractivity contribution in [3.05, 3.63) is 67.1 Å². The predicted molar refractivity (Wildman–Crippen MR) is 96.9 cm³/mol. The van der Waals surface area contributed by atoms with Gasteiger partial charge in [-0.25, -0.2) is 9.67 Å². The summed E-state index contributed by atoms with van der Waals surface area (Å²) in [5.74, 6) is 0.0710. The highest BCUT2D eigenvalue weighted by molar-refractivity contribution is 6.03. The fourth-order valence-electron chi connectivity index (χ4n) is 2.98. The number of amides is 2. The molecule has 1 fully saturated rings. The van der Waals surface area contributed by atoms with E-state index in [9.17, 15) is 9.59 Å². The van der Waals surface area contributed by atoms with Crippen LogP contribution < -0.4 is 10.2 Å². The molecule has 0 unspecified atom stereocenters. The van der Waals surface area contributed by atoms with Gasteiger partial charge in [0, 0.05) is 31.0 Å². The summed E-state index contributed by atoms with van der Waals surface area (Å²) in [7, 11) is 0. The van der Waals surface area contributed by atoms with E-state index in [1.165, 1.54) is 0 Å². The molecule has 0 aliphatic carbocycles. The Morgan fingerprint density at radius 1 is 1.12 bits per heavy atom. The first-order valence-corrected chi connectivity index (χ1v) is 8.33. The average Bonchev–Trinajstić information content (AvgIpc) is 3.33. The number of hydrogen-bond donors (Lipinski definition) is 1. The fraction of sp³-hybridized carbons (Fsp3) is 0.158. The molecule has 2 aromatic heterocycles. The minimum absolute atomic E-state index is 0.0384. The quantitative estimate of drug-likeness (QED) is 0.785. The molecule has 26 heavy (non-hydrogen) atoms. The van der Waals surface area contributed by atoms with Crippen LogP contribution in [0.1, 0.15) is 6.42 Å². The van der Waals surface area contributed by atoms with Gasteiger partial charge >= 0.3 is 0 Å². The van der Waals surface area contributed by atoms with Crippen molar-refractivity contribution >= 4 is 23.2 Å². The fourth-order valence-corrected chi connectivity index (χ4v) is 2.98. The number of nitrogens with zero attached hydrogens (tertiary/aromatic N) is 4. The molecular formula is C19H17N5O2. The third-order valence-electron chi connectivity index (χ3n) is 4.32. The van der Waals surface area contributed by atoms with Crippen LogP contribution in [0.5, 0.6) is 0 Å². The number of rotatable bonds is 4. The van der Waals surface area contributed by atoms with E-state index in [2.05, 4.69) is 15.4 Å². The van der Waals surface area contributed by atoms with Crippen molar-refractivity contribution in [3.63, 3.8) is 0 Å². The van der Waals surface area contributed by atoms with E-state index in [1.807, 2.05) is 36.4 Å². The zero-order valence-corrected chi connectivity index (χ0v) is 13.9. The summed E-state index contributed by atoms with van der Waals surface area (Å²) in [5, 5.41) is 6.95. The summed E-state index contributed by atoms with van der Waals surface area (Å²) in [4.78, 5) is 30.7. The molecule has 1 aliphatic rings. The van der Waals surface area contributed by atoms with Gasteiger partial charge in [0.1, 0.15) is 0 Å². The second-order valence-electron chi connectivity index (χ2n) is 6.09. The summed E-state index contributed by atoms with van der Waals surface area (Å²) in [5.41, 5.74) is 1.41. The van der Waals surface area contributed by atoms with Gasteiger partial charge in [0.15, 0.2) is 5.82 Å². The SMILES string of the molecule is O=C(Nc1ccc(-n2cccn2)nc1)[C@@H]1CC(=O)N(c2ccccc2)C1. The maximum absolute atomic E-state index is 12.5. The lowest BCUT2D eigenvalue weighted by Crippen LogP contribution is -2.28. The van der Waals surface area contributed by atoms with Crippen LogP contribution in [0.15, 0.2) is 67.1 Å². The lowest BCUT2D eigenvalue weighted by atomic mass is 10.1. The summed E-state index contributed by atoms with van der Waals surface area (Å²) in [6, 6.07) is 14.8. The number of nitrogens with one attached hydrogen (secondary N) is 1. The molecule has 130 valence electrons. The molecule has 3 heterocycles. The standard InChI is InChI=1S/C19H17N5O2/c25-18-11-14(13-23(18)16-5-2-1-3-6-16)19(26)22-15-7-8-17(20-12-15)24-10-4-9-21-24/h1-10,12,14H,11,13H2,(H,22,26)/t14-/m1/s1. The highest BCUT2D eigenvalue weighted by Crippen LogP contribution is 2.25. The van der Waals surface area contributed by atoms with E-state index in [1.54, 1.807) is 40.3 Å². The Balaban J connectivity index is 1.41. The van der Waals surface area contributed by atoms with Gasteiger partial charge in [0.25, 0.3) is 0 Å². The number of benzene rings is 1. The number of carbonyl (C=O) groups excluding carboxylic acids is 2. The first-order chi connectivity index (χ1) is 12.7. The number of pyridine rings is 1. The number of hydrogen-bond acceptors (Lipinski definition) is 4. The highest BCUT2D eigenvalue weighted by Gasteiger charge is 2.35. The summed E-state index contributed by atoms with van der Waals surface area (Å²) < 4.78 is 1.64. The third kappa shape index (κ3) is 3.19. The molecule has 0 radical (unpaired) electrons. The maximum Gasteiger partial charge on any atom is 0.229 e. The van der Waals surface area contributed by atoms with Crippen molar-refractivity contribution in [2.75, 3.05) is 16.8 Å². The molecule has 2 amide bonds. The Hall–Kier alpha value is -3.48. The van der Waals surface area contributed by atoms with Crippen LogP contribution in [0.3, 0.4) is 0 Å². The number of aromatic nitrogens is 3. The average molecular weight is 347 g/mol. The van der Waals surface area contributed by atoms with E-state index in [0.29, 0.717) is 18.1 Å². The molecule has 0 spiro atoms. The molecule has 3 aromatic rings. The highest BCUT2D eigenvalue weighted by atomic mass is 16.2. The van der Waals surface area contributed by atoms with Crippen LogP contribution in [0, 0.1) is 5.92 Å². The van der Waals surface area contributed by atoms with Crippen molar-refractivity contribution in [1.29, 1.82) is 0 Å².